The Bertz CT molecular complexity index is 438. The van der Waals surface area contributed by atoms with E-state index in [9.17, 15) is 4.79 Å². The molecular weight excluding hydrogens is 284 g/mol. The lowest BCUT2D eigenvalue weighted by atomic mass is 9.90. The van der Waals surface area contributed by atoms with Gasteiger partial charge in [-0.25, -0.2) is 0 Å². The fourth-order valence-corrected chi connectivity index (χ4v) is 2.12. The van der Waals surface area contributed by atoms with Crippen LogP contribution in [0.25, 0.3) is 0 Å². The van der Waals surface area contributed by atoms with E-state index >= 15 is 0 Å². The molecule has 1 aromatic rings. The van der Waals surface area contributed by atoms with Crippen molar-refractivity contribution in [2.24, 2.45) is 5.41 Å². The van der Waals surface area contributed by atoms with Gasteiger partial charge in [-0.3, -0.25) is 4.79 Å². The molecule has 2 rings (SSSR count). The van der Waals surface area contributed by atoms with E-state index in [4.69, 9.17) is 9.47 Å². The number of hydrogen-bond donors (Lipinski definition) is 0. The maximum atomic E-state index is 11.2. The number of benzene rings is 1. The Hall–Kier alpha value is -0.870. The number of hydrogen-bond acceptors (Lipinski definition) is 3. The van der Waals surface area contributed by atoms with Gasteiger partial charge in [0.05, 0.1) is 24.3 Å². The Morgan fingerprint density at radius 3 is 2.71 bits per heavy atom. The van der Waals surface area contributed by atoms with Crippen LogP contribution in [0.15, 0.2) is 22.7 Å². The molecule has 1 heterocycles. The van der Waals surface area contributed by atoms with Crippen molar-refractivity contribution in [1.29, 1.82) is 0 Å². The quantitative estimate of drug-likeness (QED) is 0.802. The SMILES string of the molecule is CC(=O)c1ccc(OCC2(C)COC2)c(Br)c1. The second-order valence-corrected chi connectivity index (χ2v) is 5.65. The zero-order valence-electron chi connectivity index (χ0n) is 9.96. The van der Waals surface area contributed by atoms with Gasteiger partial charge in [0.2, 0.25) is 0 Å². The third kappa shape index (κ3) is 2.87. The number of ether oxygens (including phenoxy) is 2. The van der Waals surface area contributed by atoms with Crippen molar-refractivity contribution in [3.05, 3.63) is 28.2 Å². The Balaban J connectivity index is 2.03. The molecule has 1 saturated heterocycles. The van der Waals surface area contributed by atoms with Gasteiger partial charge < -0.3 is 9.47 Å². The van der Waals surface area contributed by atoms with Crippen molar-refractivity contribution in [3.8, 4) is 5.75 Å². The molecule has 0 saturated carbocycles. The van der Waals surface area contributed by atoms with Crippen molar-refractivity contribution in [2.75, 3.05) is 19.8 Å². The first kappa shape index (κ1) is 12.6. The molecule has 0 N–H and O–H groups in total. The predicted molar refractivity (Wildman–Crippen MR) is 68.6 cm³/mol. The van der Waals surface area contributed by atoms with E-state index in [1.807, 2.05) is 6.07 Å². The Labute approximate surface area is 109 Å². The van der Waals surface area contributed by atoms with Crippen LogP contribution in [0.2, 0.25) is 0 Å². The van der Waals surface area contributed by atoms with Gasteiger partial charge in [-0.05, 0) is 41.1 Å². The monoisotopic (exact) mass is 298 g/mol. The number of carbonyl (C=O) groups excluding carboxylic acids is 1. The molecular formula is C13H15BrO3. The summed E-state index contributed by atoms with van der Waals surface area (Å²) in [5, 5.41) is 0. The summed E-state index contributed by atoms with van der Waals surface area (Å²) in [6, 6.07) is 5.39. The molecule has 0 bridgehead atoms. The highest BCUT2D eigenvalue weighted by Gasteiger charge is 2.34. The van der Waals surface area contributed by atoms with Crippen LogP contribution in [0, 0.1) is 5.41 Å². The number of carbonyl (C=O) groups is 1. The highest BCUT2D eigenvalue weighted by atomic mass is 79.9. The van der Waals surface area contributed by atoms with Gasteiger partial charge in [0.15, 0.2) is 5.78 Å². The molecule has 1 aliphatic rings. The van der Waals surface area contributed by atoms with Crippen LogP contribution in [0.1, 0.15) is 24.2 Å². The van der Waals surface area contributed by atoms with Gasteiger partial charge in [0, 0.05) is 11.0 Å². The van der Waals surface area contributed by atoms with Gasteiger partial charge in [-0.15, -0.1) is 0 Å². The maximum Gasteiger partial charge on any atom is 0.159 e. The molecule has 0 aliphatic carbocycles. The van der Waals surface area contributed by atoms with Crippen molar-refractivity contribution in [1.82, 2.24) is 0 Å². The van der Waals surface area contributed by atoms with E-state index in [0.717, 1.165) is 23.4 Å². The fraction of sp³-hybridized carbons (Fsp3) is 0.462. The van der Waals surface area contributed by atoms with Crippen molar-refractivity contribution in [3.63, 3.8) is 0 Å². The molecule has 1 fully saturated rings. The molecule has 0 unspecified atom stereocenters. The Morgan fingerprint density at radius 2 is 2.24 bits per heavy atom. The second-order valence-electron chi connectivity index (χ2n) is 4.79. The van der Waals surface area contributed by atoms with E-state index in [1.54, 1.807) is 19.1 Å². The molecule has 0 aromatic heterocycles. The smallest absolute Gasteiger partial charge is 0.159 e. The minimum atomic E-state index is 0.0524. The third-order valence-corrected chi connectivity index (χ3v) is 3.44. The van der Waals surface area contributed by atoms with E-state index in [2.05, 4.69) is 22.9 Å². The highest BCUT2D eigenvalue weighted by molar-refractivity contribution is 9.10. The summed E-state index contributed by atoms with van der Waals surface area (Å²) in [5.74, 6) is 0.819. The molecule has 3 nitrogen and oxygen atoms in total. The predicted octanol–water partition coefficient (Wildman–Crippen LogP) is 3.07. The van der Waals surface area contributed by atoms with Crippen LogP contribution in [0.4, 0.5) is 0 Å². The molecule has 4 heteroatoms. The summed E-state index contributed by atoms with van der Waals surface area (Å²) in [7, 11) is 0. The van der Waals surface area contributed by atoms with Gasteiger partial charge in [-0.2, -0.15) is 0 Å². The zero-order chi connectivity index (χ0) is 12.5. The van der Waals surface area contributed by atoms with E-state index in [-0.39, 0.29) is 11.2 Å². The molecule has 0 radical (unpaired) electrons. The second kappa shape index (κ2) is 4.78. The van der Waals surface area contributed by atoms with Crippen LogP contribution in [-0.4, -0.2) is 25.6 Å². The van der Waals surface area contributed by atoms with Crippen LogP contribution < -0.4 is 4.74 Å². The molecule has 1 aliphatic heterocycles. The molecule has 92 valence electrons. The van der Waals surface area contributed by atoms with E-state index in [0.29, 0.717) is 12.2 Å². The first-order valence-corrected chi connectivity index (χ1v) is 6.30. The van der Waals surface area contributed by atoms with Gasteiger partial charge >= 0.3 is 0 Å². The first-order valence-electron chi connectivity index (χ1n) is 5.51. The lowest BCUT2D eigenvalue weighted by Gasteiger charge is -2.37. The van der Waals surface area contributed by atoms with Crippen LogP contribution in [-0.2, 0) is 4.74 Å². The molecule has 1 aromatic carbocycles. The lowest BCUT2D eigenvalue weighted by Crippen LogP contribution is -2.44. The summed E-state index contributed by atoms with van der Waals surface area (Å²) < 4.78 is 11.7. The normalized spacial score (nSPS) is 17.4. The average molecular weight is 299 g/mol. The number of halogens is 1. The lowest BCUT2D eigenvalue weighted by molar-refractivity contribution is -0.120. The summed E-state index contributed by atoms with van der Waals surface area (Å²) in [5.41, 5.74) is 0.806. The topological polar surface area (TPSA) is 35.5 Å². The van der Waals surface area contributed by atoms with Gasteiger partial charge in [-0.1, -0.05) is 6.92 Å². The minimum Gasteiger partial charge on any atom is -0.492 e. The number of rotatable bonds is 4. The Morgan fingerprint density at radius 1 is 1.53 bits per heavy atom. The average Bonchev–Trinajstić information content (AvgIpc) is 2.24. The van der Waals surface area contributed by atoms with Crippen molar-refractivity contribution in [2.45, 2.75) is 13.8 Å². The van der Waals surface area contributed by atoms with E-state index < -0.39 is 0 Å². The molecule has 0 amide bonds. The van der Waals surface area contributed by atoms with Crippen molar-refractivity contribution < 1.29 is 14.3 Å². The van der Waals surface area contributed by atoms with E-state index in [1.165, 1.54) is 0 Å². The van der Waals surface area contributed by atoms with Gasteiger partial charge in [0.25, 0.3) is 0 Å². The minimum absolute atomic E-state index is 0.0524. The molecule has 0 spiro atoms. The summed E-state index contributed by atoms with van der Waals surface area (Å²) >= 11 is 3.41. The van der Waals surface area contributed by atoms with Gasteiger partial charge in [0.1, 0.15) is 5.75 Å². The largest absolute Gasteiger partial charge is 0.492 e. The summed E-state index contributed by atoms with van der Waals surface area (Å²) in [4.78, 5) is 11.2. The van der Waals surface area contributed by atoms with Crippen LogP contribution in [0.5, 0.6) is 5.75 Å². The van der Waals surface area contributed by atoms with Crippen molar-refractivity contribution >= 4 is 21.7 Å². The third-order valence-electron chi connectivity index (χ3n) is 2.82. The number of ketones is 1. The number of Topliss-reactive ketones (excluding diaryl/α,β-unsaturated/α-hetero) is 1. The first-order chi connectivity index (χ1) is 8.00. The Kier molecular flexibility index (Phi) is 3.54. The van der Waals surface area contributed by atoms with Crippen LogP contribution >= 0.6 is 15.9 Å². The summed E-state index contributed by atoms with van der Waals surface area (Å²) in [6.45, 7) is 5.81. The maximum absolute atomic E-state index is 11.2. The highest BCUT2D eigenvalue weighted by Crippen LogP contribution is 2.31. The molecule has 0 atom stereocenters. The fourth-order valence-electron chi connectivity index (χ4n) is 1.62. The standard InChI is InChI=1S/C13H15BrO3/c1-9(15)10-3-4-12(11(14)5-10)17-8-13(2)6-16-7-13/h3-5H,6-8H2,1-2H3. The van der Waals surface area contributed by atoms with Crippen LogP contribution in [0.3, 0.4) is 0 Å². The zero-order valence-corrected chi connectivity index (χ0v) is 11.5. The molecule has 17 heavy (non-hydrogen) atoms. The summed E-state index contributed by atoms with van der Waals surface area (Å²) in [6.07, 6.45) is 0.